The zero-order chi connectivity index (χ0) is 19.4. The smallest absolute Gasteiger partial charge is 0.271 e. The molecular weight excluding hydrogens is 342 g/mol. The van der Waals surface area contributed by atoms with Gasteiger partial charge in [-0.3, -0.25) is 19.9 Å². The minimum absolute atomic E-state index is 0.0243. The van der Waals surface area contributed by atoms with E-state index in [1.807, 2.05) is 42.5 Å². The van der Waals surface area contributed by atoms with Gasteiger partial charge in [0.1, 0.15) is 5.69 Å². The van der Waals surface area contributed by atoms with Crippen LogP contribution in [-0.4, -0.2) is 41.8 Å². The molecule has 0 fully saturated rings. The van der Waals surface area contributed by atoms with Crippen LogP contribution >= 0.6 is 0 Å². The SMILES string of the molecule is CN(C)C(=O)c1ccc(C(=O)NC(N)=Nc2ccc3ccccc3c2)cn1. The number of pyridine rings is 1. The third kappa shape index (κ3) is 4.27. The third-order valence-corrected chi connectivity index (χ3v) is 3.88. The van der Waals surface area contributed by atoms with Gasteiger partial charge in [-0.25, -0.2) is 4.99 Å². The van der Waals surface area contributed by atoms with Crippen LogP contribution in [0.5, 0.6) is 0 Å². The lowest BCUT2D eigenvalue weighted by Gasteiger charge is -2.09. The van der Waals surface area contributed by atoms with Crippen LogP contribution in [0.15, 0.2) is 65.8 Å². The first-order valence-electron chi connectivity index (χ1n) is 8.26. The second kappa shape index (κ2) is 7.65. The molecule has 0 saturated carbocycles. The Labute approximate surface area is 156 Å². The van der Waals surface area contributed by atoms with Gasteiger partial charge in [-0.05, 0) is 35.0 Å². The van der Waals surface area contributed by atoms with Crippen molar-refractivity contribution in [1.82, 2.24) is 15.2 Å². The van der Waals surface area contributed by atoms with Crippen molar-refractivity contribution in [3.8, 4) is 0 Å². The fraction of sp³-hybridized carbons (Fsp3) is 0.100. The highest BCUT2D eigenvalue weighted by Crippen LogP contribution is 2.20. The van der Waals surface area contributed by atoms with E-state index in [0.29, 0.717) is 5.69 Å². The Morgan fingerprint density at radius 3 is 2.44 bits per heavy atom. The minimum atomic E-state index is -0.451. The fourth-order valence-corrected chi connectivity index (χ4v) is 2.49. The molecule has 7 nitrogen and oxygen atoms in total. The number of nitrogens with two attached hydrogens (primary N) is 1. The van der Waals surface area contributed by atoms with Crippen LogP contribution in [0.3, 0.4) is 0 Å². The summed E-state index contributed by atoms with van der Waals surface area (Å²) >= 11 is 0. The zero-order valence-electron chi connectivity index (χ0n) is 15.0. The topological polar surface area (TPSA) is 101 Å². The normalized spacial score (nSPS) is 11.3. The van der Waals surface area contributed by atoms with Gasteiger partial charge in [0.25, 0.3) is 11.8 Å². The quantitative estimate of drug-likeness (QED) is 0.552. The van der Waals surface area contributed by atoms with Crippen LogP contribution in [0.25, 0.3) is 10.8 Å². The van der Waals surface area contributed by atoms with Crippen LogP contribution < -0.4 is 11.1 Å². The number of amides is 2. The number of hydrogen-bond acceptors (Lipinski definition) is 4. The van der Waals surface area contributed by atoms with Crippen molar-refractivity contribution in [3.05, 3.63) is 72.1 Å². The van der Waals surface area contributed by atoms with Gasteiger partial charge in [0.2, 0.25) is 5.96 Å². The van der Waals surface area contributed by atoms with Crippen molar-refractivity contribution in [2.75, 3.05) is 14.1 Å². The van der Waals surface area contributed by atoms with Crippen molar-refractivity contribution in [2.45, 2.75) is 0 Å². The molecule has 7 heteroatoms. The maximum Gasteiger partial charge on any atom is 0.271 e. The number of nitrogens with zero attached hydrogens (tertiary/aromatic N) is 3. The van der Waals surface area contributed by atoms with E-state index in [-0.39, 0.29) is 23.1 Å². The van der Waals surface area contributed by atoms with E-state index in [4.69, 9.17) is 5.73 Å². The molecule has 1 heterocycles. The molecule has 0 saturated heterocycles. The molecule has 136 valence electrons. The summed E-state index contributed by atoms with van der Waals surface area (Å²) in [7, 11) is 3.27. The molecular formula is C20H19N5O2. The molecule has 0 aliphatic carbocycles. The second-order valence-corrected chi connectivity index (χ2v) is 6.11. The van der Waals surface area contributed by atoms with Crippen LogP contribution in [0.2, 0.25) is 0 Å². The van der Waals surface area contributed by atoms with Crippen molar-refractivity contribution in [1.29, 1.82) is 0 Å². The highest BCUT2D eigenvalue weighted by Gasteiger charge is 2.12. The highest BCUT2D eigenvalue weighted by atomic mass is 16.2. The van der Waals surface area contributed by atoms with Crippen LogP contribution in [-0.2, 0) is 0 Å². The molecule has 3 N–H and O–H groups in total. The van der Waals surface area contributed by atoms with Crippen molar-refractivity contribution in [2.24, 2.45) is 10.7 Å². The summed E-state index contributed by atoms with van der Waals surface area (Å²) in [6.07, 6.45) is 1.33. The van der Waals surface area contributed by atoms with Gasteiger partial charge < -0.3 is 10.6 Å². The highest BCUT2D eigenvalue weighted by molar-refractivity contribution is 6.06. The minimum Gasteiger partial charge on any atom is -0.369 e. The Bertz CT molecular complexity index is 1030. The number of fused-ring (bicyclic) bond motifs is 1. The Morgan fingerprint density at radius 2 is 1.78 bits per heavy atom. The average Bonchev–Trinajstić information content (AvgIpc) is 2.67. The van der Waals surface area contributed by atoms with Gasteiger partial charge in [-0.1, -0.05) is 30.3 Å². The number of guanidine groups is 1. The molecule has 3 rings (SSSR count). The lowest BCUT2D eigenvalue weighted by Crippen LogP contribution is -2.36. The molecule has 1 aromatic heterocycles. The largest absolute Gasteiger partial charge is 0.369 e. The van der Waals surface area contributed by atoms with E-state index < -0.39 is 5.91 Å². The Balaban J connectivity index is 1.72. The summed E-state index contributed by atoms with van der Waals surface area (Å²) < 4.78 is 0. The Kier molecular flexibility index (Phi) is 5.12. The van der Waals surface area contributed by atoms with Crippen molar-refractivity contribution < 1.29 is 9.59 Å². The molecule has 0 unspecified atom stereocenters. The summed E-state index contributed by atoms with van der Waals surface area (Å²) in [5.74, 6) is -0.712. The molecule has 0 bridgehead atoms. The molecule has 0 aliphatic heterocycles. The summed E-state index contributed by atoms with van der Waals surface area (Å²) in [4.78, 5) is 33.7. The summed E-state index contributed by atoms with van der Waals surface area (Å²) in [6.45, 7) is 0. The fourth-order valence-electron chi connectivity index (χ4n) is 2.49. The Morgan fingerprint density at radius 1 is 1.04 bits per heavy atom. The molecule has 0 spiro atoms. The number of carbonyl (C=O) groups is 2. The molecule has 0 aliphatic rings. The van der Waals surface area contributed by atoms with Gasteiger partial charge in [-0.2, -0.15) is 0 Å². The predicted octanol–water partition coefficient (Wildman–Crippen LogP) is 2.31. The van der Waals surface area contributed by atoms with Crippen LogP contribution in [0, 0.1) is 0 Å². The number of rotatable bonds is 3. The van der Waals surface area contributed by atoms with E-state index in [2.05, 4.69) is 15.3 Å². The first-order valence-corrected chi connectivity index (χ1v) is 8.26. The van der Waals surface area contributed by atoms with E-state index in [1.165, 1.54) is 23.2 Å². The van der Waals surface area contributed by atoms with Gasteiger partial charge >= 0.3 is 0 Å². The predicted molar refractivity (Wildman–Crippen MR) is 105 cm³/mol. The number of aromatic nitrogens is 1. The van der Waals surface area contributed by atoms with Gasteiger partial charge in [0, 0.05) is 20.3 Å². The molecule has 0 radical (unpaired) electrons. The Hall–Kier alpha value is -3.74. The number of hydrogen-bond donors (Lipinski definition) is 2. The van der Waals surface area contributed by atoms with Gasteiger partial charge in [0.15, 0.2) is 0 Å². The maximum atomic E-state index is 12.3. The first-order chi connectivity index (χ1) is 12.9. The first kappa shape index (κ1) is 18.1. The van der Waals surface area contributed by atoms with E-state index >= 15 is 0 Å². The van der Waals surface area contributed by atoms with Crippen molar-refractivity contribution >= 4 is 34.2 Å². The number of benzene rings is 2. The van der Waals surface area contributed by atoms with E-state index in [0.717, 1.165) is 10.8 Å². The average molecular weight is 361 g/mol. The number of aliphatic imine (C=N–C) groups is 1. The van der Waals surface area contributed by atoms with Crippen LogP contribution in [0.1, 0.15) is 20.8 Å². The summed E-state index contributed by atoms with van der Waals surface area (Å²) in [6, 6.07) is 16.5. The monoisotopic (exact) mass is 361 g/mol. The molecule has 0 atom stereocenters. The third-order valence-electron chi connectivity index (χ3n) is 3.88. The lowest BCUT2D eigenvalue weighted by atomic mass is 10.1. The number of carbonyl (C=O) groups excluding carboxylic acids is 2. The van der Waals surface area contributed by atoms with Gasteiger partial charge in [-0.15, -0.1) is 0 Å². The maximum absolute atomic E-state index is 12.3. The molecule has 2 aromatic carbocycles. The van der Waals surface area contributed by atoms with Crippen molar-refractivity contribution in [3.63, 3.8) is 0 Å². The summed E-state index contributed by atoms with van der Waals surface area (Å²) in [5.41, 5.74) is 7.02. The molecule has 3 aromatic rings. The standard InChI is InChI=1S/C20H19N5O2/c1-25(2)19(27)17-10-8-15(12-22-17)18(26)24-20(21)23-16-9-7-13-5-3-4-6-14(13)11-16/h3-12H,1-2H3,(H3,21,23,24,26). The van der Waals surface area contributed by atoms with E-state index in [1.54, 1.807) is 14.1 Å². The summed E-state index contributed by atoms with van der Waals surface area (Å²) in [5, 5.41) is 4.64. The molecule has 2 amide bonds. The molecule has 27 heavy (non-hydrogen) atoms. The number of nitrogens with one attached hydrogen (secondary N) is 1. The zero-order valence-corrected chi connectivity index (χ0v) is 15.0. The van der Waals surface area contributed by atoms with Crippen LogP contribution in [0.4, 0.5) is 5.69 Å². The van der Waals surface area contributed by atoms with Gasteiger partial charge in [0.05, 0.1) is 11.3 Å². The second-order valence-electron chi connectivity index (χ2n) is 6.11. The van der Waals surface area contributed by atoms with E-state index in [9.17, 15) is 9.59 Å². The lowest BCUT2D eigenvalue weighted by molar-refractivity contribution is 0.0821.